The van der Waals surface area contributed by atoms with Crippen molar-refractivity contribution in [1.29, 1.82) is 0 Å². The summed E-state index contributed by atoms with van der Waals surface area (Å²) in [7, 11) is 1.34. The van der Waals surface area contributed by atoms with Gasteiger partial charge in [0.05, 0.1) is 12.7 Å². The van der Waals surface area contributed by atoms with E-state index in [1.807, 2.05) is 20.8 Å². The van der Waals surface area contributed by atoms with Crippen LogP contribution in [0.2, 0.25) is 0 Å². The highest BCUT2D eigenvalue weighted by Crippen LogP contribution is 2.33. The van der Waals surface area contributed by atoms with E-state index < -0.39 is 11.6 Å². The van der Waals surface area contributed by atoms with E-state index >= 15 is 0 Å². The smallest absolute Gasteiger partial charge is 0.348 e. The Morgan fingerprint density at radius 3 is 2.38 bits per heavy atom. The van der Waals surface area contributed by atoms with Crippen LogP contribution >= 0.6 is 27.3 Å². The molecule has 2 rings (SSSR count). The number of thiophene rings is 1. The summed E-state index contributed by atoms with van der Waals surface area (Å²) in [5.41, 5.74) is -0.104. The second kappa shape index (κ2) is 5.77. The first kappa shape index (κ1) is 16.0. The first-order valence-electron chi connectivity index (χ1n) is 6.26. The fourth-order valence-corrected chi connectivity index (χ4v) is 3.50. The van der Waals surface area contributed by atoms with Crippen LogP contribution in [0.25, 0.3) is 10.1 Å². The monoisotopic (exact) mass is 370 g/mol. The van der Waals surface area contributed by atoms with Gasteiger partial charge in [-0.15, -0.1) is 11.3 Å². The Balaban J connectivity index is 2.45. The van der Waals surface area contributed by atoms with Gasteiger partial charge in [0, 0.05) is 14.6 Å². The molecule has 6 heteroatoms. The van der Waals surface area contributed by atoms with Gasteiger partial charge in [-0.3, -0.25) is 0 Å². The van der Waals surface area contributed by atoms with Gasteiger partial charge < -0.3 is 9.47 Å². The predicted octanol–water partition coefficient (Wildman–Crippen LogP) is 4.41. The summed E-state index contributed by atoms with van der Waals surface area (Å²) < 4.78 is 11.6. The lowest BCUT2D eigenvalue weighted by atomic mass is 10.1. The summed E-state index contributed by atoms with van der Waals surface area (Å²) >= 11 is 4.71. The molecule has 1 aromatic carbocycles. The summed E-state index contributed by atoms with van der Waals surface area (Å²) in [6.45, 7) is 5.46. The number of methoxy groups -OCH3 is 1. The second-order valence-corrected chi connectivity index (χ2v) is 7.41. The molecule has 0 spiro atoms. The Kier molecular flexibility index (Phi) is 4.39. The predicted molar refractivity (Wildman–Crippen MR) is 86.0 cm³/mol. The van der Waals surface area contributed by atoms with E-state index in [1.54, 1.807) is 18.2 Å². The molecule has 1 aromatic heterocycles. The Hall–Kier alpha value is -1.40. The minimum Gasteiger partial charge on any atom is -0.465 e. The number of esters is 2. The number of rotatable bonds is 2. The molecule has 0 fully saturated rings. The third-order valence-corrected chi connectivity index (χ3v) is 4.33. The van der Waals surface area contributed by atoms with Crippen molar-refractivity contribution in [1.82, 2.24) is 0 Å². The summed E-state index contributed by atoms with van der Waals surface area (Å²) in [6.07, 6.45) is 0. The molecule has 112 valence electrons. The third-order valence-electron chi connectivity index (χ3n) is 2.61. The molecule has 0 aliphatic heterocycles. The molecule has 4 nitrogen and oxygen atoms in total. The number of halogens is 1. The van der Waals surface area contributed by atoms with Crippen molar-refractivity contribution < 1.29 is 19.1 Å². The Bertz CT molecular complexity index is 712. The zero-order chi connectivity index (χ0) is 15.8. The largest absolute Gasteiger partial charge is 0.465 e. The van der Waals surface area contributed by atoms with Gasteiger partial charge in [0.1, 0.15) is 10.5 Å². The van der Waals surface area contributed by atoms with Crippen LogP contribution in [-0.2, 0) is 9.47 Å². The number of benzene rings is 1. The molecule has 0 bridgehead atoms. The lowest BCUT2D eigenvalue weighted by Crippen LogP contribution is -2.23. The van der Waals surface area contributed by atoms with Gasteiger partial charge in [0.25, 0.3) is 0 Å². The molecule has 0 aliphatic rings. The molecule has 0 amide bonds. The third kappa shape index (κ3) is 3.63. The van der Waals surface area contributed by atoms with E-state index in [4.69, 9.17) is 9.47 Å². The molecule has 2 aromatic rings. The van der Waals surface area contributed by atoms with Crippen LogP contribution in [-0.4, -0.2) is 24.6 Å². The van der Waals surface area contributed by atoms with Crippen molar-refractivity contribution in [3.8, 4) is 0 Å². The van der Waals surface area contributed by atoms with Gasteiger partial charge in [0.15, 0.2) is 0 Å². The molecule has 0 saturated heterocycles. The van der Waals surface area contributed by atoms with Crippen molar-refractivity contribution in [3.05, 3.63) is 33.1 Å². The van der Waals surface area contributed by atoms with Crippen LogP contribution in [0.15, 0.2) is 22.7 Å². The number of ether oxygens (including phenoxy) is 2. The van der Waals surface area contributed by atoms with Crippen LogP contribution in [0.1, 0.15) is 40.8 Å². The topological polar surface area (TPSA) is 52.6 Å². The summed E-state index contributed by atoms with van der Waals surface area (Å²) in [5, 5.41) is 0.868. The van der Waals surface area contributed by atoms with E-state index in [1.165, 1.54) is 18.4 Å². The SMILES string of the molecule is COC(=O)c1cc2c(Br)cc(C(=O)OC(C)(C)C)cc2s1. The normalized spacial score (nSPS) is 11.5. The second-order valence-electron chi connectivity index (χ2n) is 5.47. The van der Waals surface area contributed by atoms with E-state index in [-0.39, 0.29) is 5.97 Å². The highest BCUT2D eigenvalue weighted by Gasteiger charge is 2.20. The van der Waals surface area contributed by atoms with E-state index in [2.05, 4.69) is 15.9 Å². The van der Waals surface area contributed by atoms with Gasteiger partial charge in [-0.1, -0.05) is 15.9 Å². The number of hydrogen-bond acceptors (Lipinski definition) is 5. The van der Waals surface area contributed by atoms with Crippen LogP contribution in [0.5, 0.6) is 0 Å². The van der Waals surface area contributed by atoms with Crippen LogP contribution in [0.4, 0.5) is 0 Å². The van der Waals surface area contributed by atoms with Gasteiger partial charge >= 0.3 is 11.9 Å². The summed E-state index contributed by atoms with van der Waals surface area (Å²) in [5.74, 6) is -0.778. The molecule has 0 saturated carbocycles. The molecule has 0 aliphatic carbocycles. The summed E-state index contributed by atoms with van der Waals surface area (Å²) in [4.78, 5) is 24.2. The highest BCUT2D eigenvalue weighted by atomic mass is 79.9. The average Bonchev–Trinajstić information content (AvgIpc) is 2.80. The lowest BCUT2D eigenvalue weighted by Gasteiger charge is -2.19. The Morgan fingerprint density at radius 1 is 1.14 bits per heavy atom. The molecular formula is C15H15BrO4S. The van der Waals surface area contributed by atoms with E-state index in [0.29, 0.717) is 10.4 Å². The van der Waals surface area contributed by atoms with Gasteiger partial charge in [-0.05, 0) is 39.0 Å². The minimum atomic E-state index is -0.550. The molecule has 0 unspecified atom stereocenters. The molecule has 21 heavy (non-hydrogen) atoms. The van der Waals surface area contributed by atoms with Gasteiger partial charge in [-0.25, -0.2) is 9.59 Å². The molecule has 1 heterocycles. The fourth-order valence-electron chi connectivity index (χ4n) is 1.75. The fraction of sp³-hybridized carbons (Fsp3) is 0.333. The first-order valence-corrected chi connectivity index (χ1v) is 7.87. The highest BCUT2D eigenvalue weighted by molar-refractivity contribution is 9.10. The Labute approximate surface area is 135 Å². The van der Waals surface area contributed by atoms with Gasteiger partial charge in [-0.2, -0.15) is 0 Å². The number of carbonyl (C=O) groups excluding carboxylic acids is 2. The number of carbonyl (C=O) groups is 2. The van der Waals surface area contributed by atoms with Crippen molar-refractivity contribution in [2.45, 2.75) is 26.4 Å². The van der Waals surface area contributed by atoms with Crippen molar-refractivity contribution in [2.24, 2.45) is 0 Å². The van der Waals surface area contributed by atoms with Crippen molar-refractivity contribution >= 4 is 49.3 Å². The molecule has 0 N–H and O–H groups in total. The van der Waals surface area contributed by atoms with E-state index in [0.717, 1.165) is 14.6 Å². The quantitative estimate of drug-likeness (QED) is 0.734. The van der Waals surface area contributed by atoms with Crippen LogP contribution in [0.3, 0.4) is 0 Å². The molecule has 0 radical (unpaired) electrons. The zero-order valence-electron chi connectivity index (χ0n) is 12.2. The Morgan fingerprint density at radius 2 is 1.81 bits per heavy atom. The maximum atomic E-state index is 12.1. The van der Waals surface area contributed by atoms with Crippen molar-refractivity contribution in [2.75, 3.05) is 7.11 Å². The first-order chi connectivity index (χ1) is 9.71. The number of fused-ring (bicyclic) bond motifs is 1. The van der Waals surface area contributed by atoms with Crippen molar-refractivity contribution in [3.63, 3.8) is 0 Å². The molecular weight excluding hydrogens is 356 g/mol. The van der Waals surface area contributed by atoms with Gasteiger partial charge in [0.2, 0.25) is 0 Å². The van der Waals surface area contributed by atoms with Crippen LogP contribution < -0.4 is 0 Å². The maximum absolute atomic E-state index is 12.1. The number of hydrogen-bond donors (Lipinski definition) is 0. The summed E-state index contributed by atoms with van der Waals surface area (Å²) in [6, 6.07) is 5.17. The maximum Gasteiger partial charge on any atom is 0.348 e. The van der Waals surface area contributed by atoms with Crippen LogP contribution in [0, 0.1) is 0 Å². The lowest BCUT2D eigenvalue weighted by molar-refractivity contribution is 0.00695. The molecule has 0 atom stereocenters. The average molecular weight is 371 g/mol. The standard InChI is InChI=1S/C15H15BrO4S/c1-15(2,3)20-13(17)8-5-10(16)9-7-12(14(18)19-4)21-11(9)6-8/h5-7H,1-4H3. The minimum absolute atomic E-state index is 0.387. The van der Waals surface area contributed by atoms with E-state index in [9.17, 15) is 9.59 Å². The zero-order valence-corrected chi connectivity index (χ0v) is 14.6.